The van der Waals surface area contributed by atoms with Crippen molar-refractivity contribution in [3.8, 4) is 0 Å². The van der Waals surface area contributed by atoms with E-state index in [1.54, 1.807) is 4.90 Å². The van der Waals surface area contributed by atoms with Crippen LogP contribution >= 0.6 is 0 Å². The molecule has 3 fully saturated rings. The molecule has 32 heavy (non-hydrogen) atoms. The third kappa shape index (κ3) is 4.88. The van der Waals surface area contributed by atoms with Crippen LogP contribution in [0.25, 0.3) is 0 Å². The number of amides is 1. The molecule has 1 unspecified atom stereocenters. The number of guanidine groups is 1. The lowest BCUT2D eigenvalue weighted by atomic mass is 9.74. The summed E-state index contributed by atoms with van der Waals surface area (Å²) < 4.78 is 0. The number of carbonyl (C=O) groups is 1. The number of hydrogen-bond acceptors (Lipinski definition) is 5. The second kappa shape index (κ2) is 10.4. The van der Waals surface area contributed by atoms with Crippen molar-refractivity contribution in [3.63, 3.8) is 0 Å². The van der Waals surface area contributed by atoms with E-state index in [4.69, 9.17) is 11.3 Å². The summed E-state index contributed by atoms with van der Waals surface area (Å²) in [6, 6.07) is 0. The van der Waals surface area contributed by atoms with Crippen molar-refractivity contribution in [2.24, 2.45) is 23.6 Å². The molecule has 0 spiro atoms. The third-order valence-corrected chi connectivity index (χ3v) is 8.33. The van der Waals surface area contributed by atoms with Crippen LogP contribution in [0.4, 0.5) is 0 Å². The van der Waals surface area contributed by atoms with Gasteiger partial charge in [0.1, 0.15) is 5.54 Å². The van der Waals surface area contributed by atoms with E-state index < -0.39 is 5.54 Å². The zero-order valence-corrected chi connectivity index (χ0v) is 19.4. The highest BCUT2D eigenvalue weighted by atomic mass is 16.5. The van der Waals surface area contributed by atoms with E-state index in [1.165, 1.54) is 69.2 Å². The van der Waals surface area contributed by atoms with Crippen molar-refractivity contribution < 1.29 is 10.0 Å². The molecule has 2 atom stereocenters. The molecule has 1 heterocycles. The van der Waals surface area contributed by atoms with Gasteiger partial charge in [-0.3, -0.25) is 30.8 Å². The molecule has 4 aliphatic rings. The predicted octanol–water partition coefficient (Wildman–Crippen LogP) is 4.45. The van der Waals surface area contributed by atoms with Gasteiger partial charge in [-0.1, -0.05) is 76.4 Å². The summed E-state index contributed by atoms with van der Waals surface area (Å²) in [4.78, 5) is 15.6. The van der Waals surface area contributed by atoms with Crippen molar-refractivity contribution in [2.75, 3.05) is 6.54 Å². The molecule has 7 nitrogen and oxygen atoms in total. The lowest BCUT2D eigenvalue weighted by molar-refractivity contribution is -0.135. The third-order valence-electron chi connectivity index (χ3n) is 8.33. The van der Waals surface area contributed by atoms with E-state index in [1.807, 2.05) is 18.2 Å². The topological polar surface area (TPSA) is 106 Å². The van der Waals surface area contributed by atoms with Crippen molar-refractivity contribution in [3.05, 3.63) is 23.9 Å². The van der Waals surface area contributed by atoms with E-state index in [9.17, 15) is 10.0 Å². The number of nitrogens with one attached hydrogen (secondary N) is 2. The number of carbonyl (C=O) groups excluding carboxylic acids is 1. The van der Waals surface area contributed by atoms with Gasteiger partial charge >= 0.3 is 0 Å². The highest BCUT2D eigenvalue weighted by Crippen LogP contribution is 2.42. The molecule has 7 heteroatoms. The first-order chi connectivity index (χ1) is 15.5. The molecule has 0 aromatic heterocycles. The Morgan fingerprint density at radius 2 is 1.75 bits per heavy atom. The summed E-state index contributed by atoms with van der Waals surface area (Å²) in [5, 5.41) is 19.5. The molecular weight excluding hydrogens is 402 g/mol. The molecule has 1 aliphatic heterocycles. The van der Waals surface area contributed by atoms with Gasteiger partial charge in [-0.15, -0.1) is 0 Å². The molecule has 5 N–H and O–H groups in total. The molecule has 4 rings (SSSR count). The maximum Gasteiger partial charge on any atom is 0.256 e. The normalized spacial score (nSPS) is 30.2. The predicted molar refractivity (Wildman–Crippen MR) is 125 cm³/mol. The Balaban J connectivity index is 1.53. The minimum absolute atomic E-state index is 0.0212. The quantitative estimate of drug-likeness (QED) is 0.328. The number of hydrazine groups is 1. The van der Waals surface area contributed by atoms with Crippen molar-refractivity contribution in [2.45, 2.75) is 95.4 Å². The second-order valence-electron chi connectivity index (χ2n) is 10.5. The van der Waals surface area contributed by atoms with Gasteiger partial charge in [0.25, 0.3) is 5.91 Å². The molecule has 178 valence electrons. The van der Waals surface area contributed by atoms with Crippen molar-refractivity contribution >= 4 is 11.9 Å². The van der Waals surface area contributed by atoms with Crippen LogP contribution in [0.2, 0.25) is 0 Å². The van der Waals surface area contributed by atoms with Crippen LogP contribution in [0, 0.1) is 23.2 Å². The number of nitrogens with two attached hydrogens (primary N) is 1. The molecule has 0 aromatic rings. The van der Waals surface area contributed by atoms with Gasteiger partial charge in [0, 0.05) is 12.5 Å². The standard InChI is InChI=1S/C25H41N5O2/c26-24-29(18-21-12-7-13-22(16-21)28-32)23(31)25(30(24)27,17-20-10-5-2-6-11-20)15-14-19-8-3-1-4-9-19/h7,13,16,19-21,26,28,32H,1-6,8-12,14-15,17-18,27H2/t21?,25-/m1/s1. The zero-order chi connectivity index (χ0) is 22.6. The van der Waals surface area contributed by atoms with Gasteiger partial charge in [0.2, 0.25) is 5.96 Å². The summed E-state index contributed by atoms with van der Waals surface area (Å²) in [5.74, 6) is 8.00. The number of nitrogens with zero attached hydrogens (tertiary/aromatic N) is 2. The highest BCUT2D eigenvalue weighted by Gasteiger charge is 2.55. The maximum atomic E-state index is 14.0. The molecule has 1 amide bonds. The minimum Gasteiger partial charge on any atom is -0.291 e. The first-order valence-corrected chi connectivity index (χ1v) is 12.8. The molecule has 1 saturated heterocycles. The Morgan fingerprint density at radius 1 is 1.09 bits per heavy atom. The lowest BCUT2D eigenvalue weighted by Crippen LogP contribution is -2.54. The smallest absolute Gasteiger partial charge is 0.256 e. The number of hydroxylamine groups is 1. The van der Waals surface area contributed by atoms with E-state index in [0.29, 0.717) is 24.1 Å². The molecule has 3 aliphatic carbocycles. The van der Waals surface area contributed by atoms with Crippen LogP contribution in [0.3, 0.4) is 0 Å². The van der Waals surface area contributed by atoms with Crippen LogP contribution in [-0.4, -0.2) is 39.1 Å². The summed E-state index contributed by atoms with van der Waals surface area (Å²) >= 11 is 0. The summed E-state index contributed by atoms with van der Waals surface area (Å²) in [5.41, 5.74) is 2.06. The van der Waals surface area contributed by atoms with Gasteiger partial charge < -0.3 is 0 Å². The number of allylic oxidation sites excluding steroid dienone is 2. The Hall–Kier alpha value is -1.86. The van der Waals surface area contributed by atoms with Gasteiger partial charge in [0.05, 0.1) is 5.70 Å². The summed E-state index contributed by atoms with van der Waals surface area (Å²) in [6.45, 7) is 0.427. The van der Waals surface area contributed by atoms with E-state index in [2.05, 4.69) is 5.48 Å². The van der Waals surface area contributed by atoms with Crippen LogP contribution in [0.1, 0.15) is 89.9 Å². The van der Waals surface area contributed by atoms with E-state index >= 15 is 0 Å². The first-order valence-electron chi connectivity index (χ1n) is 12.8. The summed E-state index contributed by atoms with van der Waals surface area (Å²) in [6.07, 6.45) is 21.6. The average molecular weight is 444 g/mol. The van der Waals surface area contributed by atoms with Crippen LogP contribution in [0.15, 0.2) is 23.9 Å². The zero-order valence-electron chi connectivity index (χ0n) is 19.4. The van der Waals surface area contributed by atoms with Crippen LogP contribution in [-0.2, 0) is 4.79 Å². The second-order valence-corrected chi connectivity index (χ2v) is 10.5. The largest absolute Gasteiger partial charge is 0.291 e. The number of hydrogen-bond donors (Lipinski definition) is 4. The molecule has 0 aromatic carbocycles. The fourth-order valence-corrected chi connectivity index (χ4v) is 6.44. The molecule has 0 radical (unpaired) electrons. The first kappa shape index (κ1) is 23.3. The monoisotopic (exact) mass is 443 g/mol. The maximum absolute atomic E-state index is 14.0. The number of rotatable bonds is 8. The van der Waals surface area contributed by atoms with Gasteiger partial charge in [-0.25, -0.2) is 5.84 Å². The van der Waals surface area contributed by atoms with Crippen LogP contribution in [0.5, 0.6) is 0 Å². The Morgan fingerprint density at radius 3 is 2.41 bits per heavy atom. The highest BCUT2D eigenvalue weighted by molar-refractivity contribution is 6.07. The molecular formula is C25H41N5O2. The minimum atomic E-state index is -0.775. The Labute approximate surface area is 192 Å². The van der Waals surface area contributed by atoms with Gasteiger partial charge in [0.15, 0.2) is 0 Å². The van der Waals surface area contributed by atoms with Gasteiger partial charge in [-0.2, -0.15) is 0 Å². The van der Waals surface area contributed by atoms with E-state index in [0.717, 1.165) is 25.7 Å². The van der Waals surface area contributed by atoms with Crippen molar-refractivity contribution in [1.29, 1.82) is 5.41 Å². The molecule has 2 saturated carbocycles. The fourth-order valence-electron chi connectivity index (χ4n) is 6.44. The van der Waals surface area contributed by atoms with E-state index in [-0.39, 0.29) is 17.8 Å². The van der Waals surface area contributed by atoms with Crippen LogP contribution < -0.4 is 11.3 Å². The Bertz CT molecular complexity index is 739. The SMILES string of the molecule is N=C1N(CC2C=C(NO)C=CC2)C(=O)[C@@](CCC2CCCCC2)(CC2CCCCC2)N1N. The summed E-state index contributed by atoms with van der Waals surface area (Å²) in [7, 11) is 0. The molecule has 0 bridgehead atoms. The van der Waals surface area contributed by atoms with Gasteiger partial charge in [-0.05, 0) is 43.6 Å². The van der Waals surface area contributed by atoms with Crippen molar-refractivity contribution in [1.82, 2.24) is 15.4 Å². The Kier molecular flexibility index (Phi) is 7.56. The fraction of sp³-hybridized carbons (Fsp3) is 0.760. The lowest BCUT2D eigenvalue weighted by Gasteiger charge is -2.38. The average Bonchev–Trinajstić information content (AvgIpc) is 3.00.